The monoisotopic (exact) mass is 471 g/mol. The molecule has 1 aliphatic heterocycles. The first-order chi connectivity index (χ1) is 15.9. The molecule has 1 unspecified atom stereocenters. The van der Waals surface area contributed by atoms with E-state index in [0.29, 0.717) is 12.3 Å². The molecule has 2 amide bonds. The molecule has 4 heteroatoms. The molecule has 192 valence electrons. The highest BCUT2D eigenvalue weighted by Crippen LogP contribution is 2.42. The summed E-state index contributed by atoms with van der Waals surface area (Å²) in [7, 11) is 0. The van der Waals surface area contributed by atoms with Crippen LogP contribution in [0.3, 0.4) is 0 Å². The maximum atomic E-state index is 13.3. The number of carbonyl (C=O) groups excluding carboxylic acids is 2. The maximum absolute atomic E-state index is 13.3. The second kappa shape index (κ2) is 12.2. The Morgan fingerprint density at radius 3 is 1.68 bits per heavy atom. The summed E-state index contributed by atoms with van der Waals surface area (Å²) in [6, 6.07) is 3.90. The Labute approximate surface area is 208 Å². The number of hydrogen-bond donors (Lipinski definition) is 1. The number of phenols is 1. The SMILES string of the molecule is CCCCCCCCCCCCN1C(=O)CC(c2cc(C(C)(C)C)c(O)c(C(C)(C)C)c2)C1=O. The molecule has 0 aliphatic carbocycles. The van der Waals surface area contributed by atoms with E-state index in [9.17, 15) is 14.7 Å². The van der Waals surface area contributed by atoms with Crippen LogP contribution in [0.15, 0.2) is 12.1 Å². The van der Waals surface area contributed by atoms with Crippen LogP contribution in [0, 0.1) is 0 Å². The van der Waals surface area contributed by atoms with E-state index in [2.05, 4.69) is 48.5 Å². The van der Waals surface area contributed by atoms with Crippen LogP contribution in [-0.4, -0.2) is 28.4 Å². The molecule has 0 aromatic heterocycles. The van der Waals surface area contributed by atoms with E-state index in [-0.39, 0.29) is 29.1 Å². The number of unbranched alkanes of at least 4 members (excludes halogenated alkanes) is 9. The number of carbonyl (C=O) groups is 2. The average molecular weight is 472 g/mol. The first kappa shape index (κ1) is 28.4. The van der Waals surface area contributed by atoms with E-state index in [1.54, 1.807) is 0 Å². The van der Waals surface area contributed by atoms with Crippen molar-refractivity contribution in [3.8, 4) is 5.75 Å². The molecule has 1 aromatic carbocycles. The number of hydrogen-bond acceptors (Lipinski definition) is 3. The van der Waals surface area contributed by atoms with Gasteiger partial charge in [0, 0.05) is 13.0 Å². The molecular weight excluding hydrogens is 422 g/mol. The summed E-state index contributed by atoms with van der Waals surface area (Å²) in [6.45, 7) is 15.2. The highest BCUT2D eigenvalue weighted by atomic mass is 16.3. The first-order valence-electron chi connectivity index (χ1n) is 13.6. The van der Waals surface area contributed by atoms with Crippen LogP contribution < -0.4 is 0 Å². The number of benzene rings is 1. The van der Waals surface area contributed by atoms with Gasteiger partial charge in [-0.25, -0.2) is 0 Å². The quantitative estimate of drug-likeness (QED) is 0.250. The summed E-state index contributed by atoms with van der Waals surface area (Å²) in [5, 5.41) is 11.0. The third-order valence-electron chi connectivity index (χ3n) is 7.13. The largest absolute Gasteiger partial charge is 0.507 e. The predicted octanol–water partition coefficient (Wildman–Crippen LogP) is 7.75. The molecule has 0 radical (unpaired) electrons. The first-order valence-corrected chi connectivity index (χ1v) is 13.6. The molecule has 0 saturated carbocycles. The van der Waals surface area contributed by atoms with Crippen molar-refractivity contribution in [3.05, 3.63) is 28.8 Å². The average Bonchev–Trinajstić information content (AvgIpc) is 3.01. The number of likely N-dealkylation sites (tertiary alicyclic amines) is 1. The molecule has 1 N–H and O–H groups in total. The van der Waals surface area contributed by atoms with Crippen LogP contribution >= 0.6 is 0 Å². The van der Waals surface area contributed by atoms with Gasteiger partial charge in [-0.15, -0.1) is 0 Å². The lowest BCUT2D eigenvalue weighted by Crippen LogP contribution is -2.31. The Morgan fingerprint density at radius 2 is 1.24 bits per heavy atom. The van der Waals surface area contributed by atoms with Gasteiger partial charge in [-0.05, 0) is 33.9 Å². The van der Waals surface area contributed by atoms with Crippen molar-refractivity contribution < 1.29 is 14.7 Å². The van der Waals surface area contributed by atoms with Gasteiger partial charge >= 0.3 is 0 Å². The number of rotatable bonds is 12. The van der Waals surface area contributed by atoms with Crippen molar-refractivity contribution in [3.63, 3.8) is 0 Å². The number of nitrogens with zero attached hydrogens (tertiary/aromatic N) is 1. The molecule has 1 aromatic rings. The van der Waals surface area contributed by atoms with Crippen molar-refractivity contribution in [1.29, 1.82) is 0 Å². The molecule has 4 nitrogen and oxygen atoms in total. The topological polar surface area (TPSA) is 57.6 Å². The van der Waals surface area contributed by atoms with Crippen molar-refractivity contribution >= 4 is 11.8 Å². The summed E-state index contributed by atoms with van der Waals surface area (Å²) in [6.07, 6.45) is 12.6. The van der Waals surface area contributed by atoms with Gasteiger partial charge in [0.05, 0.1) is 5.92 Å². The molecule has 1 heterocycles. The van der Waals surface area contributed by atoms with Crippen LogP contribution in [0.1, 0.15) is 142 Å². The standard InChI is InChI=1S/C30H49NO3/c1-8-9-10-11-12-13-14-15-16-17-18-31-26(32)21-23(28(31)34)22-19-24(29(2,3)4)27(33)25(20-22)30(5,6)7/h19-20,23,33H,8-18,21H2,1-7H3. The summed E-state index contributed by atoms with van der Waals surface area (Å²) >= 11 is 0. The summed E-state index contributed by atoms with van der Waals surface area (Å²) in [5.74, 6) is -0.277. The Balaban J connectivity index is 1.99. The Bertz CT molecular complexity index is 793. The molecule has 1 saturated heterocycles. The second-order valence-electron chi connectivity index (χ2n) is 12.3. The number of aromatic hydroxyl groups is 1. The van der Waals surface area contributed by atoms with E-state index in [0.717, 1.165) is 29.5 Å². The lowest BCUT2D eigenvalue weighted by molar-refractivity contribution is -0.138. The third kappa shape index (κ3) is 7.58. The maximum Gasteiger partial charge on any atom is 0.237 e. The second-order valence-corrected chi connectivity index (χ2v) is 12.3. The molecule has 1 aliphatic rings. The smallest absolute Gasteiger partial charge is 0.237 e. The summed E-state index contributed by atoms with van der Waals surface area (Å²) in [5.41, 5.74) is 2.01. The Hall–Kier alpha value is -1.84. The van der Waals surface area contributed by atoms with Crippen molar-refractivity contribution in [1.82, 2.24) is 4.90 Å². The van der Waals surface area contributed by atoms with Crippen LogP contribution in [-0.2, 0) is 20.4 Å². The van der Waals surface area contributed by atoms with Gasteiger partial charge in [0.25, 0.3) is 0 Å². The fraction of sp³-hybridized carbons (Fsp3) is 0.733. The van der Waals surface area contributed by atoms with Gasteiger partial charge in [-0.3, -0.25) is 14.5 Å². The fourth-order valence-electron chi connectivity index (χ4n) is 4.94. The minimum atomic E-state index is -0.446. The van der Waals surface area contributed by atoms with Gasteiger partial charge in [-0.1, -0.05) is 118 Å². The molecule has 0 spiro atoms. The molecule has 2 rings (SSSR count). The van der Waals surface area contributed by atoms with Crippen molar-refractivity contribution in [2.75, 3.05) is 6.54 Å². The van der Waals surface area contributed by atoms with Crippen molar-refractivity contribution in [2.45, 2.75) is 136 Å². The fourth-order valence-corrected chi connectivity index (χ4v) is 4.94. The Morgan fingerprint density at radius 1 is 0.794 bits per heavy atom. The normalized spacial score (nSPS) is 17.1. The zero-order valence-corrected chi connectivity index (χ0v) is 22.9. The van der Waals surface area contributed by atoms with Crippen LogP contribution in [0.2, 0.25) is 0 Å². The zero-order valence-electron chi connectivity index (χ0n) is 22.9. The van der Waals surface area contributed by atoms with Gasteiger partial charge in [0.2, 0.25) is 11.8 Å². The van der Waals surface area contributed by atoms with E-state index in [1.165, 1.54) is 56.3 Å². The van der Waals surface area contributed by atoms with E-state index in [4.69, 9.17) is 0 Å². The van der Waals surface area contributed by atoms with Crippen LogP contribution in [0.5, 0.6) is 5.75 Å². The van der Waals surface area contributed by atoms with E-state index in [1.807, 2.05) is 12.1 Å². The summed E-state index contributed by atoms with van der Waals surface area (Å²) in [4.78, 5) is 27.5. The Kier molecular flexibility index (Phi) is 10.2. The van der Waals surface area contributed by atoms with Gasteiger partial charge in [-0.2, -0.15) is 0 Å². The van der Waals surface area contributed by atoms with Crippen molar-refractivity contribution in [2.24, 2.45) is 0 Å². The minimum absolute atomic E-state index is 0.0615. The minimum Gasteiger partial charge on any atom is -0.507 e. The number of amides is 2. The lowest BCUT2D eigenvalue weighted by Gasteiger charge is -2.29. The zero-order chi connectivity index (χ0) is 25.5. The third-order valence-corrected chi connectivity index (χ3v) is 7.13. The summed E-state index contributed by atoms with van der Waals surface area (Å²) < 4.78 is 0. The predicted molar refractivity (Wildman–Crippen MR) is 141 cm³/mol. The van der Waals surface area contributed by atoms with Crippen LogP contribution in [0.25, 0.3) is 0 Å². The van der Waals surface area contributed by atoms with Crippen LogP contribution in [0.4, 0.5) is 0 Å². The lowest BCUT2D eigenvalue weighted by atomic mass is 9.77. The van der Waals surface area contributed by atoms with E-state index >= 15 is 0 Å². The van der Waals surface area contributed by atoms with Gasteiger partial charge in [0.1, 0.15) is 5.75 Å². The van der Waals surface area contributed by atoms with Gasteiger partial charge < -0.3 is 5.11 Å². The molecule has 1 fully saturated rings. The van der Waals surface area contributed by atoms with Gasteiger partial charge in [0.15, 0.2) is 0 Å². The number of phenolic OH excluding ortho intramolecular Hbond substituents is 1. The highest BCUT2D eigenvalue weighted by molar-refractivity contribution is 6.06. The molecular formula is C30H49NO3. The highest BCUT2D eigenvalue weighted by Gasteiger charge is 2.40. The molecule has 1 atom stereocenters. The molecule has 0 bridgehead atoms. The number of imide groups is 1. The van der Waals surface area contributed by atoms with E-state index < -0.39 is 5.92 Å². The molecule has 34 heavy (non-hydrogen) atoms.